The summed E-state index contributed by atoms with van der Waals surface area (Å²) in [5.41, 5.74) is 3.28. The minimum Gasteiger partial charge on any atom is -0.456 e. The summed E-state index contributed by atoms with van der Waals surface area (Å²) in [6, 6.07) is 11.0. The predicted octanol–water partition coefficient (Wildman–Crippen LogP) is 4.20. The smallest absolute Gasteiger partial charge is 0.158 e. The van der Waals surface area contributed by atoms with Crippen molar-refractivity contribution in [2.24, 2.45) is 7.05 Å². The first-order valence-corrected chi connectivity index (χ1v) is 8.85. The fourth-order valence-corrected chi connectivity index (χ4v) is 3.21. The quantitative estimate of drug-likeness (QED) is 0.494. The number of halogens is 1. The van der Waals surface area contributed by atoms with Crippen molar-refractivity contribution in [3.05, 3.63) is 66.5 Å². The van der Waals surface area contributed by atoms with E-state index in [4.69, 9.17) is 16.3 Å². The normalized spacial score (nSPS) is 11.2. The number of benzene rings is 1. The first kappa shape index (κ1) is 16.5. The second kappa shape index (κ2) is 6.50. The Morgan fingerprint density at radius 3 is 2.82 bits per heavy atom. The monoisotopic (exact) mass is 391 g/mol. The Balaban J connectivity index is 1.42. The van der Waals surface area contributed by atoms with E-state index in [-0.39, 0.29) is 0 Å². The number of ether oxygens (including phenoxy) is 1. The number of fused-ring (bicyclic) bond motifs is 2. The summed E-state index contributed by atoms with van der Waals surface area (Å²) >= 11 is 6.43. The van der Waals surface area contributed by atoms with Gasteiger partial charge in [0.2, 0.25) is 0 Å². The van der Waals surface area contributed by atoms with Gasteiger partial charge in [-0.1, -0.05) is 11.6 Å². The van der Waals surface area contributed by atoms with Crippen molar-refractivity contribution in [1.82, 2.24) is 29.1 Å². The number of nitrogens with zero attached hydrogens (tertiary/aromatic N) is 6. The molecular formula is C19H14ClN7O. The molecule has 0 radical (unpaired) electrons. The number of anilines is 2. The van der Waals surface area contributed by atoms with Gasteiger partial charge in [0.05, 0.1) is 10.5 Å². The summed E-state index contributed by atoms with van der Waals surface area (Å²) in [4.78, 5) is 12.8. The number of pyridine rings is 1. The Morgan fingerprint density at radius 1 is 1.00 bits per heavy atom. The van der Waals surface area contributed by atoms with Gasteiger partial charge in [-0.2, -0.15) is 5.10 Å². The first-order valence-electron chi connectivity index (χ1n) is 8.47. The lowest BCUT2D eigenvalue weighted by molar-refractivity contribution is 0.482. The molecule has 0 aliphatic carbocycles. The summed E-state index contributed by atoms with van der Waals surface area (Å²) in [7, 11) is 1.95. The molecule has 4 aromatic heterocycles. The van der Waals surface area contributed by atoms with Crippen LogP contribution in [0, 0.1) is 0 Å². The summed E-state index contributed by atoms with van der Waals surface area (Å²) in [6.45, 7) is 0. The van der Waals surface area contributed by atoms with E-state index in [1.54, 1.807) is 28.9 Å². The molecule has 0 saturated carbocycles. The number of aromatic nitrogens is 6. The summed E-state index contributed by atoms with van der Waals surface area (Å²) in [5.74, 6) is 1.88. The molecule has 0 aliphatic rings. The molecular weight excluding hydrogens is 378 g/mol. The van der Waals surface area contributed by atoms with E-state index in [2.05, 4.69) is 25.4 Å². The lowest BCUT2D eigenvalue weighted by atomic mass is 10.3. The second-order valence-corrected chi connectivity index (χ2v) is 6.59. The Morgan fingerprint density at radius 2 is 1.93 bits per heavy atom. The van der Waals surface area contributed by atoms with Gasteiger partial charge >= 0.3 is 0 Å². The van der Waals surface area contributed by atoms with Gasteiger partial charge in [0, 0.05) is 31.2 Å². The van der Waals surface area contributed by atoms with Crippen LogP contribution in [0.3, 0.4) is 0 Å². The van der Waals surface area contributed by atoms with Gasteiger partial charge in [-0.15, -0.1) is 0 Å². The van der Waals surface area contributed by atoms with E-state index < -0.39 is 0 Å². The number of hydrogen-bond acceptors (Lipinski definition) is 6. The van der Waals surface area contributed by atoms with Gasteiger partial charge in [-0.25, -0.2) is 19.5 Å². The molecule has 8 nitrogen and oxygen atoms in total. The summed E-state index contributed by atoms with van der Waals surface area (Å²) < 4.78 is 9.53. The van der Waals surface area contributed by atoms with E-state index in [0.29, 0.717) is 28.0 Å². The van der Waals surface area contributed by atoms with E-state index in [0.717, 1.165) is 16.7 Å². The van der Waals surface area contributed by atoms with Crippen molar-refractivity contribution in [1.29, 1.82) is 0 Å². The average Bonchev–Trinajstić information content (AvgIpc) is 3.31. The first-order chi connectivity index (χ1) is 13.7. The van der Waals surface area contributed by atoms with Gasteiger partial charge in [0.15, 0.2) is 11.5 Å². The van der Waals surface area contributed by atoms with E-state index in [9.17, 15) is 0 Å². The van der Waals surface area contributed by atoms with Crippen LogP contribution in [0.5, 0.6) is 11.5 Å². The molecule has 0 amide bonds. The highest BCUT2D eigenvalue weighted by Gasteiger charge is 2.10. The molecule has 0 spiro atoms. The molecule has 1 N–H and O–H groups in total. The van der Waals surface area contributed by atoms with E-state index in [1.165, 1.54) is 12.7 Å². The van der Waals surface area contributed by atoms with Crippen LogP contribution in [-0.2, 0) is 7.05 Å². The third-order valence-corrected chi connectivity index (χ3v) is 4.63. The van der Waals surface area contributed by atoms with Crippen LogP contribution in [0.25, 0.3) is 16.7 Å². The van der Waals surface area contributed by atoms with Crippen LogP contribution in [0.4, 0.5) is 11.5 Å². The average molecular weight is 392 g/mol. The molecule has 0 saturated heterocycles. The molecule has 9 heteroatoms. The topological polar surface area (TPSA) is 82.2 Å². The fraction of sp³-hybridized carbons (Fsp3) is 0.0526. The Hall–Kier alpha value is -3.65. The molecule has 0 aliphatic heterocycles. The molecule has 28 heavy (non-hydrogen) atoms. The van der Waals surface area contributed by atoms with Crippen LogP contribution in [0.15, 0.2) is 61.4 Å². The van der Waals surface area contributed by atoms with Crippen molar-refractivity contribution in [2.45, 2.75) is 0 Å². The van der Waals surface area contributed by atoms with E-state index in [1.807, 2.05) is 36.0 Å². The molecule has 0 bridgehead atoms. The minimum atomic E-state index is 0.475. The fourth-order valence-electron chi connectivity index (χ4n) is 3.00. The second-order valence-electron chi connectivity index (χ2n) is 6.18. The third kappa shape index (κ3) is 2.89. The van der Waals surface area contributed by atoms with Gasteiger partial charge in [0.1, 0.15) is 29.7 Å². The standard InChI is InChI=1S/C19H14ClN7O/c1-26-6-5-15-18(26)19(23-10-21-15)25-12-2-3-16(14(20)8-12)28-13-4-7-27-17(9-13)22-11-24-27/h2-11H,1H3,(H,21,23,25). The van der Waals surface area contributed by atoms with Crippen LogP contribution in [0.2, 0.25) is 5.02 Å². The molecule has 0 fully saturated rings. The molecule has 5 rings (SSSR count). The van der Waals surface area contributed by atoms with E-state index >= 15 is 0 Å². The van der Waals surface area contributed by atoms with Gasteiger partial charge in [0.25, 0.3) is 0 Å². The highest BCUT2D eigenvalue weighted by Crippen LogP contribution is 2.33. The molecule has 1 aromatic carbocycles. The number of aryl methyl sites for hydroxylation is 1. The zero-order chi connectivity index (χ0) is 19.1. The predicted molar refractivity (Wildman–Crippen MR) is 106 cm³/mol. The van der Waals surface area contributed by atoms with Crippen molar-refractivity contribution in [2.75, 3.05) is 5.32 Å². The lowest BCUT2D eigenvalue weighted by Gasteiger charge is -2.11. The van der Waals surface area contributed by atoms with Crippen molar-refractivity contribution >= 4 is 39.8 Å². The molecule has 138 valence electrons. The van der Waals surface area contributed by atoms with Crippen LogP contribution in [0.1, 0.15) is 0 Å². The van der Waals surface area contributed by atoms with Crippen molar-refractivity contribution in [3.8, 4) is 11.5 Å². The SMILES string of the molecule is Cn1ccc2ncnc(Nc3ccc(Oc4ccn5ncnc5c4)c(Cl)c3)c21. The Bertz CT molecular complexity index is 1310. The molecule has 0 atom stereocenters. The zero-order valence-corrected chi connectivity index (χ0v) is 15.5. The number of hydrogen-bond donors (Lipinski definition) is 1. The zero-order valence-electron chi connectivity index (χ0n) is 14.7. The molecule has 5 aromatic rings. The summed E-state index contributed by atoms with van der Waals surface area (Å²) in [6.07, 6.45) is 6.75. The maximum atomic E-state index is 6.43. The number of nitrogens with one attached hydrogen (secondary N) is 1. The van der Waals surface area contributed by atoms with Crippen molar-refractivity contribution in [3.63, 3.8) is 0 Å². The minimum absolute atomic E-state index is 0.475. The lowest BCUT2D eigenvalue weighted by Crippen LogP contribution is -1.98. The van der Waals surface area contributed by atoms with Crippen LogP contribution in [-0.4, -0.2) is 29.1 Å². The van der Waals surface area contributed by atoms with Gasteiger partial charge in [-0.3, -0.25) is 0 Å². The Labute approximate surface area is 164 Å². The summed E-state index contributed by atoms with van der Waals surface area (Å²) in [5, 5.41) is 7.83. The Kier molecular flexibility index (Phi) is 3.84. The maximum Gasteiger partial charge on any atom is 0.158 e. The van der Waals surface area contributed by atoms with Crippen molar-refractivity contribution < 1.29 is 4.74 Å². The van der Waals surface area contributed by atoms with Gasteiger partial charge < -0.3 is 14.6 Å². The highest BCUT2D eigenvalue weighted by molar-refractivity contribution is 6.32. The van der Waals surface area contributed by atoms with Gasteiger partial charge in [-0.05, 0) is 30.3 Å². The van der Waals surface area contributed by atoms with Crippen LogP contribution >= 0.6 is 11.6 Å². The largest absolute Gasteiger partial charge is 0.456 e. The molecule has 0 unspecified atom stereocenters. The highest BCUT2D eigenvalue weighted by atomic mass is 35.5. The molecule has 4 heterocycles. The third-order valence-electron chi connectivity index (χ3n) is 4.33. The van der Waals surface area contributed by atoms with Crippen LogP contribution < -0.4 is 10.1 Å². The maximum absolute atomic E-state index is 6.43. The number of rotatable bonds is 4.